The molecule has 0 atom stereocenters. The molecule has 4 heteroatoms. The third-order valence-corrected chi connectivity index (χ3v) is 3.57. The van der Waals surface area contributed by atoms with Crippen LogP contribution in [0.25, 0.3) is 0 Å². The molecule has 2 rings (SSSR count). The molecule has 1 N–H and O–H groups in total. The van der Waals surface area contributed by atoms with Gasteiger partial charge in [-0.3, -0.25) is 4.79 Å². The molecule has 0 saturated carbocycles. The first-order chi connectivity index (χ1) is 11.0. The lowest BCUT2D eigenvalue weighted by Crippen LogP contribution is -2.24. The third kappa shape index (κ3) is 4.68. The van der Waals surface area contributed by atoms with E-state index >= 15 is 0 Å². The number of amides is 1. The highest BCUT2D eigenvalue weighted by Gasteiger charge is 2.04. The largest absolute Gasteiger partial charge is 0.483 e. The van der Waals surface area contributed by atoms with Crippen LogP contribution < -0.4 is 10.2 Å². The molecular formula is C19H22N2O2. The monoisotopic (exact) mass is 310 g/mol. The second-order valence-electron chi connectivity index (χ2n) is 5.66. The summed E-state index contributed by atoms with van der Waals surface area (Å²) in [6.07, 6.45) is 1.68. The molecular weight excluding hydrogens is 288 g/mol. The van der Waals surface area contributed by atoms with Crippen molar-refractivity contribution in [2.75, 3.05) is 6.61 Å². The number of hydrogen-bond donors (Lipinski definition) is 1. The molecule has 0 spiro atoms. The quantitative estimate of drug-likeness (QED) is 0.679. The number of para-hydroxylation sites is 1. The molecule has 0 aromatic heterocycles. The highest BCUT2D eigenvalue weighted by molar-refractivity contribution is 5.85. The van der Waals surface area contributed by atoms with Crippen molar-refractivity contribution in [3.63, 3.8) is 0 Å². The zero-order valence-corrected chi connectivity index (χ0v) is 14.0. The van der Waals surface area contributed by atoms with Gasteiger partial charge in [-0.15, -0.1) is 0 Å². The van der Waals surface area contributed by atoms with E-state index in [1.165, 1.54) is 5.56 Å². The number of ether oxygens (including phenoxy) is 1. The van der Waals surface area contributed by atoms with E-state index in [0.29, 0.717) is 5.75 Å². The van der Waals surface area contributed by atoms with Crippen molar-refractivity contribution in [2.45, 2.75) is 27.7 Å². The highest BCUT2D eigenvalue weighted by atomic mass is 16.5. The van der Waals surface area contributed by atoms with Crippen molar-refractivity contribution in [1.29, 1.82) is 0 Å². The first-order valence-corrected chi connectivity index (χ1v) is 7.55. The number of aryl methyl sites for hydroxylation is 4. The molecule has 0 unspecified atom stereocenters. The van der Waals surface area contributed by atoms with E-state index in [4.69, 9.17) is 4.74 Å². The molecule has 23 heavy (non-hydrogen) atoms. The van der Waals surface area contributed by atoms with Gasteiger partial charge in [0.2, 0.25) is 0 Å². The van der Waals surface area contributed by atoms with E-state index < -0.39 is 0 Å². The van der Waals surface area contributed by atoms with Gasteiger partial charge < -0.3 is 4.74 Å². The van der Waals surface area contributed by atoms with Gasteiger partial charge in [0, 0.05) is 5.56 Å². The average Bonchev–Trinajstić information content (AvgIpc) is 2.49. The minimum atomic E-state index is -0.285. The second-order valence-corrected chi connectivity index (χ2v) is 5.66. The van der Waals surface area contributed by atoms with Gasteiger partial charge in [-0.05, 0) is 50.5 Å². The molecule has 0 fully saturated rings. The van der Waals surface area contributed by atoms with Crippen molar-refractivity contribution in [1.82, 2.24) is 5.43 Å². The predicted octanol–water partition coefficient (Wildman–Crippen LogP) is 3.45. The molecule has 2 aromatic rings. The van der Waals surface area contributed by atoms with Crippen LogP contribution in [-0.2, 0) is 4.79 Å². The first-order valence-electron chi connectivity index (χ1n) is 7.55. The smallest absolute Gasteiger partial charge is 0.277 e. The first kappa shape index (κ1) is 16.7. The van der Waals surface area contributed by atoms with E-state index in [1.54, 1.807) is 6.21 Å². The van der Waals surface area contributed by atoms with Crippen LogP contribution in [0, 0.1) is 27.7 Å². The summed E-state index contributed by atoms with van der Waals surface area (Å²) in [5.74, 6) is 0.420. The fourth-order valence-corrected chi connectivity index (χ4v) is 2.46. The van der Waals surface area contributed by atoms with E-state index in [1.807, 2.05) is 45.0 Å². The summed E-state index contributed by atoms with van der Waals surface area (Å²) in [7, 11) is 0. The minimum Gasteiger partial charge on any atom is -0.483 e. The van der Waals surface area contributed by atoms with Crippen molar-refractivity contribution in [3.05, 3.63) is 64.2 Å². The lowest BCUT2D eigenvalue weighted by molar-refractivity contribution is -0.123. The summed E-state index contributed by atoms with van der Waals surface area (Å²) >= 11 is 0. The van der Waals surface area contributed by atoms with Crippen LogP contribution in [0.3, 0.4) is 0 Å². The van der Waals surface area contributed by atoms with E-state index in [2.05, 4.69) is 29.6 Å². The van der Waals surface area contributed by atoms with Crippen LogP contribution in [0.4, 0.5) is 0 Å². The Morgan fingerprint density at radius 2 is 1.74 bits per heavy atom. The van der Waals surface area contributed by atoms with Crippen LogP contribution in [0.5, 0.6) is 5.75 Å². The van der Waals surface area contributed by atoms with Gasteiger partial charge >= 0.3 is 0 Å². The fourth-order valence-electron chi connectivity index (χ4n) is 2.46. The van der Waals surface area contributed by atoms with E-state index in [0.717, 1.165) is 22.3 Å². The SMILES string of the molecule is Cc1cc(C)c(C=NNC(=O)COc2ccccc2C)c(C)c1. The van der Waals surface area contributed by atoms with Gasteiger partial charge in [-0.25, -0.2) is 5.43 Å². The van der Waals surface area contributed by atoms with E-state index in [-0.39, 0.29) is 12.5 Å². The Balaban J connectivity index is 1.91. The maximum atomic E-state index is 11.8. The number of nitrogens with one attached hydrogen (secondary N) is 1. The molecule has 0 saturated heterocycles. The number of benzene rings is 2. The molecule has 2 aromatic carbocycles. The van der Waals surface area contributed by atoms with Crippen LogP contribution in [0.15, 0.2) is 41.5 Å². The van der Waals surface area contributed by atoms with Crippen LogP contribution in [-0.4, -0.2) is 18.7 Å². The van der Waals surface area contributed by atoms with Crippen molar-refractivity contribution in [3.8, 4) is 5.75 Å². The summed E-state index contributed by atoms with van der Waals surface area (Å²) in [6, 6.07) is 11.8. The predicted molar refractivity (Wildman–Crippen MR) is 93.1 cm³/mol. The third-order valence-electron chi connectivity index (χ3n) is 3.57. The van der Waals surface area contributed by atoms with Crippen molar-refractivity contribution in [2.24, 2.45) is 5.10 Å². The second kappa shape index (κ2) is 7.58. The van der Waals surface area contributed by atoms with Gasteiger partial charge in [0.15, 0.2) is 6.61 Å². The highest BCUT2D eigenvalue weighted by Crippen LogP contribution is 2.16. The number of nitrogens with zero attached hydrogens (tertiary/aromatic N) is 1. The Morgan fingerprint density at radius 1 is 1.09 bits per heavy atom. The number of rotatable bonds is 5. The van der Waals surface area contributed by atoms with Crippen molar-refractivity contribution < 1.29 is 9.53 Å². The zero-order valence-electron chi connectivity index (χ0n) is 14.0. The van der Waals surface area contributed by atoms with Gasteiger partial charge in [-0.1, -0.05) is 35.9 Å². The minimum absolute atomic E-state index is 0.0615. The summed E-state index contributed by atoms with van der Waals surface area (Å²) in [6.45, 7) is 8.00. The maximum Gasteiger partial charge on any atom is 0.277 e. The van der Waals surface area contributed by atoms with Gasteiger partial charge in [0.1, 0.15) is 5.75 Å². The summed E-state index contributed by atoms with van der Waals surface area (Å²) in [5.41, 5.74) is 8.00. The molecule has 0 heterocycles. The molecule has 0 bridgehead atoms. The molecule has 0 radical (unpaired) electrons. The Kier molecular flexibility index (Phi) is 5.52. The molecule has 0 aliphatic heterocycles. The van der Waals surface area contributed by atoms with Crippen LogP contribution in [0.2, 0.25) is 0 Å². The van der Waals surface area contributed by atoms with Crippen LogP contribution >= 0.6 is 0 Å². The molecule has 120 valence electrons. The lowest BCUT2D eigenvalue weighted by Gasteiger charge is -2.08. The summed E-state index contributed by atoms with van der Waals surface area (Å²) < 4.78 is 5.48. The summed E-state index contributed by atoms with van der Waals surface area (Å²) in [5, 5.41) is 4.02. The number of carbonyl (C=O) groups excluding carboxylic acids is 1. The number of carbonyl (C=O) groups is 1. The summed E-state index contributed by atoms with van der Waals surface area (Å²) in [4.78, 5) is 11.8. The topological polar surface area (TPSA) is 50.7 Å². The standard InChI is InChI=1S/C19H22N2O2/c1-13-9-15(3)17(16(4)10-13)11-20-21-19(22)12-23-18-8-6-5-7-14(18)2/h5-11H,12H2,1-4H3,(H,21,22). The Hall–Kier alpha value is -2.62. The average molecular weight is 310 g/mol. The Bertz CT molecular complexity index is 713. The number of hydrogen-bond acceptors (Lipinski definition) is 3. The van der Waals surface area contributed by atoms with Crippen LogP contribution in [0.1, 0.15) is 27.8 Å². The fraction of sp³-hybridized carbons (Fsp3) is 0.263. The van der Waals surface area contributed by atoms with Crippen molar-refractivity contribution >= 4 is 12.1 Å². The zero-order chi connectivity index (χ0) is 16.8. The normalized spacial score (nSPS) is 10.8. The van der Waals surface area contributed by atoms with Gasteiger partial charge in [0.25, 0.3) is 5.91 Å². The van der Waals surface area contributed by atoms with E-state index in [9.17, 15) is 4.79 Å². The molecule has 4 nitrogen and oxygen atoms in total. The molecule has 1 amide bonds. The Morgan fingerprint density at radius 3 is 2.39 bits per heavy atom. The Labute approximate surface area is 137 Å². The maximum absolute atomic E-state index is 11.8. The van der Waals surface area contributed by atoms with Gasteiger partial charge in [-0.2, -0.15) is 5.10 Å². The van der Waals surface area contributed by atoms with Gasteiger partial charge in [0.05, 0.1) is 6.21 Å². The molecule has 0 aliphatic carbocycles. The molecule has 0 aliphatic rings. The number of hydrazone groups is 1. The lowest BCUT2D eigenvalue weighted by atomic mass is 10.0.